The molecule has 21 heavy (non-hydrogen) atoms. The fourth-order valence-electron chi connectivity index (χ4n) is 2.38. The van der Waals surface area contributed by atoms with Crippen LogP contribution in [-0.2, 0) is 6.54 Å². The van der Waals surface area contributed by atoms with Crippen molar-refractivity contribution in [1.82, 2.24) is 4.98 Å². The zero-order valence-electron chi connectivity index (χ0n) is 12.9. The smallest absolute Gasteiger partial charge is 0.122 e. The maximum atomic E-state index is 10.1. The molecule has 1 heterocycles. The topological polar surface area (TPSA) is 62.4 Å². The highest BCUT2D eigenvalue weighted by Gasteiger charge is 2.11. The second-order valence-electron chi connectivity index (χ2n) is 5.32. The third kappa shape index (κ3) is 3.73. The number of benzene rings is 1. The summed E-state index contributed by atoms with van der Waals surface area (Å²) in [5.41, 5.74) is 9.61. The largest absolute Gasteiger partial charge is 0.508 e. The highest BCUT2D eigenvalue weighted by Crippen LogP contribution is 2.28. The third-order valence-electron chi connectivity index (χ3n) is 3.55. The molecule has 1 aromatic carbocycles. The molecule has 0 amide bonds. The molecular weight excluding hydrogens is 262 g/mol. The molecule has 0 aliphatic heterocycles. The van der Waals surface area contributed by atoms with Gasteiger partial charge in [0.15, 0.2) is 0 Å². The Balaban J connectivity index is 2.23. The van der Waals surface area contributed by atoms with E-state index >= 15 is 0 Å². The lowest BCUT2D eigenvalue weighted by atomic mass is 10.1. The fourth-order valence-corrected chi connectivity index (χ4v) is 2.38. The van der Waals surface area contributed by atoms with Crippen LogP contribution in [-0.4, -0.2) is 16.6 Å². The molecule has 0 fully saturated rings. The van der Waals surface area contributed by atoms with Crippen LogP contribution >= 0.6 is 0 Å². The van der Waals surface area contributed by atoms with Crippen LogP contribution in [0.1, 0.15) is 36.8 Å². The molecule has 1 aromatic heterocycles. The Bertz CT molecular complexity index is 611. The Labute approximate surface area is 126 Å². The molecule has 0 aliphatic carbocycles. The van der Waals surface area contributed by atoms with Gasteiger partial charge in [0.2, 0.25) is 0 Å². The summed E-state index contributed by atoms with van der Waals surface area (Å²) in [6.45, 7) is 7.50. The first-order valence-electron chi connectivity index (χ1n) is 7.27. The number of hydrogen-bond donors (Lipinski definition) is 2. The molecule has 1 atom stereocenters. The van der Waals surface area contributed by atoms with Crippen LogP contribution in [0.15, 0.2) is 36.4 Å². The van der Waals surface area contributed by atoms with Crippen molar-refractivity contribution >= 4 is 5.69 Å². The normalized spacial score (nSPS) is 12.2. The van der Waals surface area contributed by atoms with Gasteiger partial charge in [-0.05, 0) is 39.0 Å². The molecule has 0 saturated carbocycles. The molecule has 0 bridgehead atoms. The van der Waals surface area contributed by atoms with E-state index in [1.807, 2.05) is 44.2 Å². The summed E-state index contributed by atoms with van der Waals surface area (Å²) in [5, 5.41) is 10.1. The summed E-state index contributed by atoms with van der Waals surface area (Å²) in [5.74, 6) is 0.248. The highest BCUT2D eigenvalue weighted by atomic mass is 16.3. The van der Waals surface area contributed by atoms with Gasteiger partial charge in [-0.25, -0.2) is 0 Å². The number of nitrogens with zero attached hydrogens (tertiary/aromatic N) is 2. The monoisotopic (exact) mass is 285 g/mol. The Kier molecular flexibility index (Phi) is 4.81. The van der Waals surface area contributed by atoms with Crippen molar-refractivity contribution in [1.29, 1.82) is 0 Å². The molecule has 3 N–H and O–H groups in total. The van der Waals surface area contributed by atoms with E-state index in [-0.39, 0.29) is 11.8 Å². The number of aromatic hydroxyl groups is 1. The van der Waals surface area contributed by atoms with Crippen molar-refractivity contribution in [2.45, 2.75) is 33.4 Å². The summed E-state index contributed by atoms with van der Waals surface area (Å²) < 4.78 is 0. The Hall–Kier alpha value is -2.07. The third-order valence-corrected chi connectivity index (χ3v) is 3.55. The number of anilines is 1. The minimum atomic E-state index is -0.174. The van der Waals surface area contributed by atoms with Gasteiger partial charge in [-0.1, -0.05) is 12.1 Å². The molecule has 2 rings (SSSR count). The van der Waals surface area contributed by atoms with E-state index in [1.54, 1.807) is 6.07 Å². The van der Waals surface area contributed by atoms with Gasteiger partial charge >= 0.3 is 0 Å². The molecule has 0 spiro atoms. The maximum absolute atomic E-state index is 10.1. The first kappa shape index (κ1) is 15.3. The minimum Gasteiger partial charge on any atom is -0.508 e. The van der Waals surface area contributed by atoms with Gasteiger partial charge in [0.25, 0.3) is 0 Å². The Morgan fingerprint density at radius 3 is 2.62 bits per heavy atom. The lowest BCUT2D eigenvalue weighted by Gasteiger charge is -2.24. The Morgan fingerprint density at radius 1 is 1.29 bits per heavy atom. The average molecular weight is 285 g/mol. The number of phenolic OH excluding ortho intramolecular Hbond substituents is 1. The van der Waals surface area contributed by atoms with E-state index in [2.05, 4.69) is 16.8 Å². The number of aryl methyl sites for hydroxylation is 1. The van der Waals surface area contributed by atoms with Crippen molar-refractivity contribution in [3.63, 3.8) is 0 Å². The summed E-state index contributed by atoms with van der Waals surface area (Å²) >= 11 is 0. The standard InChI is InChI=1S/C17H23N3O/c1-4-20(11-14-7-5-6-12(2)19-14)15-8-9-16(13(3)18)17(21)10-15/h5-10,13,21H,4,11,18H2,1-3H3. The summed E-state index contributed by atoms with van der Waals surface area (Å²) in [6.07, 6.45) is 0. The van der Waals surface area contributed by atoms with Crippen molar-refractivity contribution in [3.05, 3.63) is 53.3 Å². The predicted molar refractivity (Wildman–Crippen MR) is 86.4 cm³/mol. The zero-order valence-corrected chi connectivity index (χ0v) is 12.9. The number of hydrogen-bond acceptors (Lipinski definition) is 4. The predicted octanol–water partition coefficient (Wildman–Crippen LogP) is 3.14. The van der Waals surface area contributed by atoms with Crippen molar-refractivity contribution in [3.8, 4) is 5.75 Å². The van der Waals surface area contributed by atoms with Gasteiger partial charge in [-0.2, -0.15) is 0 Å². The van der Waals surface area contributed by atoms with Gasteiger partial charge in [0.05, 0.1) is 12.2 Å². The maximum Gasteiger partial charge on any atom is 0.122 e. The van der Waals surface area contributed by atoms with Gasteiger partial charge in [-0.15, -0.1) is 0 Å². The first-order valence-corrected chi connectivity index (χ1v) is 7.27. The molecule has 0 saturated heterocycles. The van der Waals surface area contributed by atoms with Crippen molar-refractivity contribution in [2.75, 3.05) is 11.4 Å². The summed E-state index contributed by atoms with van der Waals surface area (Å²) in [4.78, 5) is 6.70. The van der Waals surface area contributed by atoms with Crippen LogP contribution in [0.2, 0.25) is 0 Å². The van der Waals surface area contributed by atoms with E-state index < -0.39 is 0 Å². The van der Waals surface area contributed by atoms with Gasteiger partial charge in [0.1, 0.15) is 5.75 Å². The van der Waals surface area contributed by atoms with E-state index in [4.69, 9.17) is 5.73 Å². The highest BCUT2D eigenvalue weighted by molar-refractivity contribution is 5.54. The molecule has 0 radical (unpaired) electrons. The van der Waals surface area contributed by atoms with Crippen molar-refractivity contribution < 1.29 is 5.11 Å². The molecule has 112 valence electrons. The molecule has 1 unspecified atom stereocenters. The number of rotatable bonds is 5. The number of nitrogens with two attached hydrogens (primary N) is 1. The molecule has 0 aliphatic rings. The summed E-state index contributed by atoms with van der Waals surface area (Å²) in [7, 11) is 0. The second kappa shape index (κ2) is 6.59. The van der Waals surface area contributed by atoms with E-state index in [0.717, 1.165) is 35.7 Å². The molecular formula is C17H23N3O. The van der Waals surface area contributed by atoms with E-state index in [9.17, 15) is 5.11 Å². The van der Waals surface area contributed by atoms with E-state index in [1.165, 1.54) is 0 Å². The van der Waals surface area contributed by atoms with Gasteiger partial charge in [-0.3, -0.25) is 4.98 Å². The SMILES string of the molecule is CCN(Cc1cccc(C)n1)c1ccc(C(C)N)c(O)c1. The van der Waals surface area contributed by atoms with Crippen LogP contribution < -0.4 is 10.6 Å². The van der Waals surface area contributed by atoms with Crippen LogP contribution in [0.5, 0.6) is 5.75 Å². The lowest BCUT2D eigenvalue weighted by Crippen LogP contribution is -2.22. The lowest BCUT2D eigenvalue weighted by molar-refractivity contribution is 0.463. The molecule has 2 aromatic rings. The number of aromatic nitrogens is 1. The van der Waals surface area contributed by atoms with Crippen LogP contribution in [0.4, 0.5) is 5.69 Å². The zero-order chi connectivity index (χ0) is 15.4. The quantitative estimate of drug-likeness (QED) is 0.886. The van der Waals surface area contributed by atoms with E-state index in [0.29, 0.717) is 0 Å². The van der Waals surface area contributed by atoms with Gasteiger partial charge < -0.3 is 15.7 Å². The van der Waals surface area contributed by atoms with Crippen LogP contribution in [0, 0.1) is 6.92 Å². The van der Waals surface area contributed by atoms with Crippen molar-refractivity contribution in [2.24, 2.45) is 5.73 Å². The first-order chi connectivity index (χ1) is 10.0. The Morgan fingerprint density at radius 2 is 2.05 bits per heavy atom. The second-order valence-corrected chi connectivity index (χ2v) is 5.32. The summed E-state index contributed by atoms with van der Waals surface area (Å²) in [6, 6.07) is 11.5. The number of pyridine rings is 1. The molecule has 4 nitrogen and oxygen atoms in total. The average Bonchev–Trinajstić information content (AvgIpc) is 2.44. The fraction of sp³-hybridized carbons (Fsp3) is 0.353. The van der Waals surface area contributed by atoms with Crippen LogP contribution in [0.3, 0.4) is 0 Å². The minimum absolute atomic E-state index is 0.174. The van der Waals surface area contributed by atoms with Crippen LogP contribution in [0.25, 0.3) is 0 Å². The van der Waals surface area contributed by atoms with Gasteiger partial charge in [0, 0.05) is 35.6 Å². The number of phenols is 1. The molecule has 4 heteroatoms.